The Hall–Kier alpha value is -1.49. The van der Waals surface area contributed by atoms with Crippen LogP contribution in [0.3, 0.4) is 0 Å². The first-order valence-electron chi connectivity index (χ1n) is 7.87. The molecule has 0 saturated heterocycles. The van der Waals surface area contributed by atoms with Crippen LogP contribution in [0.15, 0.2) is 6.20 Å². The normalized spacial score (nSPS) is 13.9. The van der Waals surface area contributed by atoms with Gasteiger partial charge in [0.2, 0.25) is 5.95 Å². The van der Waals surface area contributed by atoms with Gasteiger partial charge in [-0.05, 0) is 25.8 Å². The lowest BCUT2D eigenvalue weighted by Crippen LogP contribution is -2.42. The van der Waals surface area contributed by atoms with Crippen molar-refractivity contribution < 1.29 is 4.79 Å². The Labute approximate surface area is 127 Å². The SMILES string of the molecule is CCCCCNC(C(=O)c1cnc(N)nc1C)C(C)CC. The minimum atomic E-state index is -0.183. The first-order chi connectivity index (χ1) is 10.0. The van der Waals surface area contributed by atoms with Crippen molar-refractivity contribution >= 4 is 11.7 Å². The highest BCUT2D eigenvalue weighted by Crippen LogP contribution is 2.16. The number of nitrogens with two attached hydrogens (primary N) is 1. The molecule has 0 aliphatic heterocycles. The van der Waals surface area contributed by atoms with E-state index >= 15 is 0 Å². The fourth-order valence-corrected chi connectivity index (χ4v) is 2.32. The Morgan fingerprint density at radius 3 is 2.67 bits per heavy atom. The van der Waals surface area contributed by atoms with Gasteiger partial charge in [0.25, 0.3) is 0 Å². The van der Waals surface area contributed by atoms with Crippen LogP contribution in [-0.4, -0.2) is 28.3 Å². The van der Waals surface area contributed by atoms with Gasteiger partial charge >= 0.3 is 0 Å². The highest BCUT2D eigenvalue weighted by Gasteiger charge is 2.26. The molecular weight excluding hydrogens is 264 g/mol. The third-order valence-electron chi connectivity index (χ3n) is 3.90. The number of carbonyl (C=O) groups is 1. The number of nitrogens with zero attached hydrogens (tertiary/aromatic N) is 2. The van der Waals surface area contributed by atoms with Crippen molar-refractivity contribution in [1.29, 1.82) is 0 Å². The van der Waals surface area contributed by atoms with Gasteiger partial charge in [0, 0.05) is 6.20 Å². The molecule has 1 rings (SSSR count). The van der Waals surface area contributed by atoms with Gasteiger partial charge in [-0.1, -0.05) is 40.0 Å². The first kappa shape index (κ1) is 17.6. The van der Waals surface area contributed by atoms with E-state index in [0.717, 1.165) is 19.4 Å². The average molecular weight is 292 g/mol. The number of unbranched alkanes of at least 4 members (excludes halogenated alkanes) is 2. The Balaban J connectivity index is 2.83. The number of nitrogens with one attached hydrogen (secondary N) is 1. The number of ketones is 1. The van der Waals surface area contributed by atoms with E-state index in [-0.39, 0.29) is 23.7 Å². The summed E-state index contributed by atoms with van der Waals surface area (Å²) < 4.78 is 0. The van der Waals surface area contributed by atoms with Gasteiger partial charge < -0.3 is 11.1 Å². The molecule has 5 heteroatoms. The molecule has 0 aliphatic carbocycles. The highest BCUT2D eigenvalue weighted by molar-refractivity contribution is 6.01. The predicted octanol–water partition coefficient (Wildman–Crippen LogP) is 2.74. The number of hydrogen-bond acceptors (Lipinski definition) is 5. The fourth-order valence-electron chi connectivity index (χ4n) is 2.32. The monoisotopic (exact) mass is 292 g/mol. The highest BCUT2D eigenvalue weighted by atomic mass is 16.1. The van der Waals surface area contributed by atoms with E-state index in [1.54, 1.807) is 13.1 Å². The van der Waals surface area contributed by atoms with Crippen molar-refractivity contribution in [1.82, 2.24) is 15.3 Å². The Morgan fingerprint density at radius 2 is 2.10 bits per heavy atom. The second-order valence-corrected chi connectivity index (χ2v) is 5.62. The molecule has 21 heavy (non-hydrogen) atoms. The third-order valence-corrected chi connectivity index (χ3v) is 3.90. The fraction of sp³-hybridized carbons (Fsp3) is 0.688. The quantitative estimate of drug-likeness (QED) is 0.540. The van der Waals surface area contributed by atoms with Crippen molar-refractivity contribution in [3.63, 3.8) is 0 Å². The third kappa shape index (κ3) is 5.08. The Kier molecular flexibility index (Phi) is 7.29. The standard InChI is InChI=1S/C16H28N4O/c1-5-7-8-9-18-14(11(3)6-2)15(21)13-10-19-16(17)20-12(13)4/h10-11,14,18H,5-9H2,1-4H3,(H2,17,19,20). The van der Waals surface area contributed by atoms with Crippen molar-refractivity contribution in [3.8, 4) is 0 Å². The molecule has 0 radical (unpaired) electrons. The van der Waals surface area contributed by atoms with Gasteiger partial charge in [0.05, 0.1) is 17.3 Å². The van der Waals surface area contributed by atoms with Crippen LogP contribution in [0.1, 0.15) is 62.5 Å². The molecule has 5 nitrogen and oxygen atoms in total. The summed E-state index contributed by atoms with van der Waals surface area (Å²) in [4.78, 5) is 20.8. The van der Waals surface area contributed by atoms with E-state index in [1.807, 2.05) is 0 Å². The molecule has 1 aromatic rings. The lowest BCUT2D eigenvalue weighted by atomic mass is 9.91. The topological polar surface area (TPSA) is 80.9 Å². The van der Waals surface area contributed by atoms with Gasteiger partial charge in [-0.25, -0.2) is 9.97 Å². The molecule has 0 aromatic carbocycles. The van der Waals surface area contributed by atoms with Gasteiger partial charge in [-0.2, -0.15) is 0 Å². The molecule has 2 atom stereocenters. The summed E-state index contributed by atoms with van der Waals surface area (Å²) in [6.45, 7) is 9.04. The zero-order chi connectivity index (χ0) is 15.8. The number of aryl methyl sites for hydroxylation is 1. The maximum Gasteiger partial charge on any atom is 0.220 e. The van der Waals surface area contributed by atoms with Crippen LogP contribution < -0.4 is 11.1 Å². The Bertz CT molecular complexity index is 462. The van der Waals surface area contributed by atoms with E-state index < -0.39 is 0 Å². The zero-order valence-corrected chi connectivity index (χ0v) is 13.6. The molecule has 3 N–H and O–H groups in total. The summed E-state index contributed by atoms with van der Waals surface area (Å²) in [6.07, 6.45) is 5.94. The van der Waals surface area contributed by atoms with Crippen molar-refractivity contribution in [2.24, 2.45) is 5.92 Å². The summed E-state index contributed by atoms with van der Waals surface area (Å²) in [5.41, 5.74) is 6.77. The van der Waals surface area contributed by atoms with E-state index in [0.29, 0.717) is 11.3 Å². The van der Waals surface area contributed by atoms with E-state index in [1.165, 1.54) is 12.8 Å². The van der Waals surface area contributed by atoms with Crippen LogP contribution in [0.5, 0.6) is 0 Å². The van der Waals surface area contributed by atoms with E-state index in [2.05, 4.69) is 36.1 Å². The minimum Gasteiger partial charge on any atom is -0.368 e. The molecule has 118 valence electrons. The van der Waals surface area contributed by atoms with Gasteiger partial charge in [-0.15, -0.1) is 0 Å². The molecule has 2 unspecified atom stereocenters. The summed E-state index contributed by atoms with van der Waals surface area (Å²) in [5.74, 6) is 0.550. The lowest BCUT2D eigenvalue weighted by molar-refractivity contribution is 0.0908. The number of nitrogen functional groups attached to an aromatic ring is 1. The molecule has 0 spiro atoms. The molecule has 0 bridgehead atoms. The predicted molar refractivity (Wildman–Crippen MR) is 86.3 cm³/mol. The number of aromatic nitrogens is 2. The first-order valence-corrected chi connectivity index (χ1v) is 7.87. The smallest absolute Gasteiger partial charge is 0.220 e. The van der Waals surface area contributed by atoms with Crippen molar-refractivity contribution in [2.45, 2.75) is 59.4 Å². The molecule has 0 aliphatic rings. The van der Waals surface area contributed by atoms with Crippen molar-refractivity contribution in [3.05, 3.63) is 17.5 Å². The van der Waals surface area contributed by atoms with Crippen LogP contribution in [0.25, 0.3) is 0 Å². The maximum absolute atomic E-state index is 12.8. The van der Waals surface area contributed by atoms with Crippen molar-refractivity contribution in [2.75, 3.05) is 12.3 Å². The number of anilines is 1. The molecule has 1 aromatic heterocycles. The largest absolute Gasteiger partial charge is 0.368 e. The van der Waals surface area contributed by atoms with Gasteiger partial charge in [0.1, 0.15) is 0 Å². The number of Topliss-reactive ketones (excluding diaryl/α,β-unsaturated/α-hetero) is 1. The van der Waals surface area contributed by atoms with E-state index in [9.17, 15) is 4.79 Å². The van der Waals surface area contributed by atoms with Crippen LogP contribution in [0.4, 0.5) is 5.95 Å². The minimum absolute atomic E-state index is 0.0679. The Morgan fingerprint density at radius 1 is 1.38 bits per heavy atom. The zero-order valence-electron chi connectivity index (χ0n) is 13.6. The van der Waals surface area contributed by atoms with Crippen LogP contribution >= 0.6 is 0 Å². The maximum atomic E-state index is 12.8. The molecule has 0 fully saturated rings. The summed E-state index contributed by atoms with van der Waals surface area (Å²) in [6, 6.07) is -0.183. The van der Waals surface area contributed by atoms with Gasteiger partial charge in [0.15, 0.2) is 5.78 Å². The number of hydrogen-bond donors (Lipinski definition) is 2. The molecule has 1 heterocycles. The summed E-state index contributed by atoms with van der Waals surface area (Å²) >= 11 is 0. The average Bonchev–Trinajstić information content (AvgIpc) is 2.46. The number of carbonyl (C=O) groups excluding carboxylic acids is 1. The number of rotatable bonds is 9. The summed E-state index contributed by atoms with van der Waals surface area (Å²) in [5, 5.41) is 3.41. The van der Waals surface area contributed by atoms with Gasteiger partial charge in [-0.3, -0.25) is 4.79 Å². The molecule has 0 saturated carbocycles. The second kappa shape index (κ2) is 8.72. The lowest BCUT2D eigenvalue weighted by Gasteiger charge is -2.23. The van der Waals surface area contributed by atoms with Crippen LogP contribution in [0, 0.1) is 12.8 Å². The summed E-state index contributed by atoms with van der Waals surface area (Å²) in [7, 11) is 0. The second-order valence-electron chi connectivity index (χ2n) is 5.62. The molecule has 0 amide bonds. The van der Waals surface area contributed by atoms with Crippen LogP contribution in [-0.2, 0) is 0 Å². The van der Waals surface area contributed by atoms with Crippen LogP contribution in [0.2, 0.25) is 0 Å². The van der Waals surface area contributed by atoms with E-state index in [4.69, 9.17) is 5.73 Å². The molecular formula is C16H28N4O.